The van der Waals surface area contributed by atoms with Gasteiger partial charge in [-0.1, -0.05) is 6.07 Å². The second-order valence-corrected chi connectivity index (χ2v) is 9.42. The van der Waals surface area contributed by atoms with Crippen LogP contribution in [-0.2, 0) is 0 Å². The van der Waals surface area contributed by atoms with Crippen LogP contribution in [0.5, 0.6) is 0 Å². The number of anilines is 2. The minimum atomic E-state index is -0.286. The Morgan fingerprint density at radius 1 is 0.972 bits per heavy atom. The first-order valence-electron chi connectivity index (χ1n) is 12.1. The lowest BCUT2D eigenvalue weighted by Crippen LogP contribution is -2.44. The third-order valence-corrected chi connectivity index (χ3v) is 7.09. The number of carbonyl (C=O) groups excluding carboxylic acids is 1. The number of likely N-dealkylation sites (N-methyl/N-ethyl adjacent to an activating group) is 1. The number of imidazole rings is 1. The second-order valence-electron chi connectivity index (χ2n) is 9.42. The van der Waals surface area contributed by atoms with Gasteiger partial charge < -0.3 is 19.5 Å². The van der Waals surface area contributed by atoms with E-state index in [1.54, 1.807) is 6.20 Å². The minimum absolute atomic E-state index is 0.286. The van der Waals surface area contributed by atoms with Crippen LogP contribution in [0, 0.1) is 13.8 Å². The Morgan fingerprint density at radius 3 is 2.56 bits per heavy atom. The van der Waals surface area contributed by atoms with Crippen molar-refractivity contribution in [3.8, 4) is 11.1 Å². The summed E-state index contributed by atoms with van der Waals surface area (Å²) in [5.74, 6) is 0.221. The summed E-state index contributed by atoms with van der Waals surface area (Å²) < 4.78 is 1.97. The fourth-order valence-electron chi connectivity index (χ4n) is 4.86. The van der Waals surface area contributed by atoms with Crippen LogP contribution >= 0.6 is 0 Å². The predicted octanol–water partition coefficient (Wildman–Crippen LogP) is 3.89. The number of nitrogens with zero attached hydrogens (tertiary/aromatic N) is 6. The largest absolute Gasteiger partial charge is 0.368 e. The summed E-state index contributed by atoms with van der Waals surface area (Å²) in [4.78, 5) is 27.0. The van der Waals surface area contributed by atoms with Crippen LogP contribution in [0.4, 0.5) is 11.5 Å². The summed E-state index contributed by atoms with van der Waals surface area (Å²) in [5, 5.41) is 11.2. The summed E-state index contributed by atoms with van der Waals surface area (Å²) >= 11 is 0. The first-order valence-corrected chi connectivity index (χ1v) is 12.1. The van der Waals surface area contributed by atoms with Crippen LogP contribution in [0.2, 0.25) is 0 Å². The molecule has 2 N–H and O–H groups in total. The standard InChI is InChI=1S/C27H28N8O/c1-17-4-6-21(20-7-8-23-22(18(20)2)15-29-32-23)26-30-24(16-35(17)26)27(36)31-25-9-5-19(14-28-25)34-12-10-33(3)11-13-34/h4-9,14-16H,10-13H2,1-3H3,(H,29,32)(H,28,31,36). The summed E-state index contributed by atoms with van der Waals surface area (Å²) in [5.41, 5.74) is 7.29. The van der Waals surface area contributed by atoms with E-state index in [2.05, 4.69) is 56.4 Å². The van der Waals surface area contributed by atoms with E-state index in [0.717, 1.165) is 70.8 Å². The van der Waals surface area contributed by atoms with Gasteiger partial charge in [-0.25, -0.2) is 9.97 Å². The van der Waals surface area contributed by atoms with E-state index in [0.29, 0.717) is 11.5 Å². The molecule has 9 nitrogen and oxygen atoms in total. The van der Waals surface area contributed by atoms with Gasteiger partial charge in [-0.05, 0) is 62.4 Å². The number of nitrogens with one attached hydrogen (secondary N) is 2. The van der Waals surface area contributed by atoms with Crippen LogP contribution in [0.3, 0.4) is 0 Å². The van der Waals surface area contributed by atoms with Crippen molar-refractivity contribution in [3.05, 3.63) is 71.9 Å². The van der Waals surface area contributed by atoms with Crippen molar-refractivity contribution in [1.29, 1.82) is 0 Å². The molecule has 0 radical (unpaired) electrons. The molecule has 0 atom stereocenters. The maximum atomic E-state index is 13.1. The summed E-state index contributed by atoms with van der Waals surface area (Å²) in [6.07, 6.45) is 5.45. The summed E-state index contributed by atoms with van der Waals surface area (Å²) in [6, 6.07) is 12.1. The molecule has 1 aliphatic rings. The van der Waals surface area contributed by atoms with Crippen molar-refractivity contribution in [2.45, 2.75) is 13.8 Å². The molecule has 5 heterocycles. The van der Waals surface area contributed by atoms with Gasteiger partial charge in [0.25, 0.3) is 5.91 Å². The number of aromatic nitrogens is 5. The van der Waals surface area contributed by atoms with E-state index < -0.39 is 0 Å². The van der Waals surface area contributed by atoms with Crippen LogP contribution in [0.15, 0.2) is 55.0 Å². The Balaban J connectivity index is 1.28. The van der Waals surface area contributed by atoms with E-state index in [1.807, 2.05) is 48.0 Å². The number of fused-ring (bicyclic) bond motifs is 2. The predicted molar refractivity (Wildman–Crippen MR) is 142 cm³/mol. The highest BCUT2D eigenvalue weighted by atomic mass is 16.2. The van der Waals surface area contributed by atoms with Crippen LogP contribution in [0.1, 0.15) is 21.7 Å². The zero-order valence-electron chi connectivity index (χ0n) is 20.6. The monoisotopic (exact) mass is 480 g/mol. The highest BCUT2D eigenvalue weighted by molar-refractivity contribution is 6.03. The molecular weight excluding hydrogens is 452 g/mol. The number of piperazine rings is 1. The fraction of sp³-hybridized carbons (Fsp3) is 0.259. The first-order chi connectivity index (χ1) is 17.5. The number of pyridine rings is 2. The Labute approximate surface area is 208 Å². The normalized spacial score (nSPS) is 14.6. The van der Waals surface area contributed by atoms with Gasteiger partial charge in [0.15, 0.2) is 0 Å². The van der Waals surface area contributed by atoms with Gasteiger partial charge in [-0.15, -0.1) is 0 Å². The summed E-state index contributed by atoms with van der Waals surface area (Å²) in [7, 11) is 2.14. The number of rotatable bonds is 4. The fourth-order valence-corrected chi connectivity index (χ4v) is 4.86. The quantitative estimate of drug-likeness (QED) is 0.405. The molecule has 0 unspecified atom stereocenters. The van der Waals surface area contributed by atoms with Crippen molar-refractivity contribution in [3.63, 3.8) is 0 Å². The number of amides is 1. The molecule has 182 valence electrons. The minimum Gasteiger partial charge on any atom is -0.368 e. The Morgan fingerprint density at radius 2 is 1.78 bits per heavy atom. The maximum absolute atomic E-state index is 13.1. The summed E-state index contributed by atoms with van der Waals surface area (Å²) in [6.45, 7) is 8.09. The topological polar surface area (TPSA) is 94.5 Å². The van der Waals surface area contributed by atoms with Crippen LogP contribution in [-0.4, -0.2) is 68.6 Å². The van der Waals surface area contributed by atoms with Crippen LogP contribution < -0.4 is 10.2 Å². The van der Waals surface area contributed by atoms with Gasteiger partial charge >= 0.3 is 0 Å². The number of aryl methyl sites for hydroxylation is 2. The number of aromatic amines is 1. The van der Waals surface area contributed by atoms with Gasteiger partial charge in [-0.2, -0.15) is 5.10 Å². The SMILES string of the molecule is Cc1c(-c2ccc(C)n3cc(C(=O)Nc4ccc(N5CCN(C)CC5)cn4)nc23)ccc2[nH]ncc12. The molecule has 0 spiro atoms. The van der Waals surface area contributed by atoms with Crippen molar-refractivity contribution >= 4 is 34.0 Å². The average Bonchev–Trinajstić information content (AvgIpc) is 3.55. The van der Waals surface area contributed by atoms with Crippen molar-refractivity contribution < 1.29 is 4.79 Å². The van der Waals surface area contributed by atoms with Gasteiger partial charge in [0.1, 0.15) is 17.2 Å². The zero-order chi connectivity index (χ0) is 24.8. The van der Waals surface area contributed by atoms with Crippen molar-refractivity contribution in [2.75, 3.05) is 43.4 Å². The molecule has 4 aromatic heterocycles. The molecule has 36 heavy (non-hydrogen) atoms. The van der Waals surface area contributed by atoms with E-state index in [9.17, 15) is 4.79 Å². The Bertz CT molecular complexity index is 1580. The Hall–Kier alpha value is -4.24. The lowest BCUT2D eigenvalue weighted by atomic mass is 9.98. The molecule has 9 heteroatoms. The zero-order valence-corrected chi connectivity index (χ0v) is 20.6. The van der Waals surface area contributed by atoms with Crippen molar-refractivity contribution in [1.82, 2.24) is 29.5 Å². The van der Waals surface area contributed by atoms with Crippen LogP contribution in [0.25, 0.3) is 27.7 Å². The molecule has 0 bridgehead atoms. The number of carbonyl (C=O) groups is 1. The average molecular weight is 481 g/mol. The molecule has 0 aliphatic carbocycles. The van der Waals surface area contributed by atoms with E-state index in [-0.39, 0.29) is 5.91 Å². The number of hydrogen-bond acceptors (Lipinski definition) is 6. The third kappa shape index (κ3) is 3.87. The number of benzene rings is 1. The first kappa shape index (κ1) is 22.2. The second kappa shape index (κ2) is 8.76. The lowest BCUT2D eigenvalue weighted by Gasteiger charge is -2.33. The van der Waals surface area contributed by atoms with Gasteiger partial charge in [0, 0.05) is 49.0 Å². The lowest BCUT2D eigenvalue weighted by molar-refractivity contribution is 0.102. The van der Waals surface area contributed by atoms with Gasteiger partial charge in [0.05, 0.1) is 23.6 Å². The highest BCUT2D eigenvalue weighted by Gasteiger charge is 2.18. The maximum Gasteiger partial charge on any atom is 0.277 e. The number of H-pyrrole nitrogens is 1. The molecule has 5 aromatic rings. The Kier molecular flexibility index (Phi) is 5.41. The van der Waals surface area contributed by atoms with Gasteiger partial charge in [0.2, 0.25) is 0 Å². The van der Waals surface area contributed by atoms with E-state index >= 15 is 0 Å². The molecule has 1 aromatic carbocycles. The molecule has 1 aliphatic heterocycles. The van der Waals surface area contributed by atoms with E-state index in [1.165, 1.54) is 0 Å². The molecule has 0 saturated carbocycles. The molecule has 1 saturated heterocycles. The van der Waals surface area contributed by atoms with Crippen molar-refractivity contribution in [2.24, 2.45) is 0 Å². The molecule has 6 rings (SSSR count). The highest BCUT2D eigenvalue weighted by Crippen LogP contribution is 2.32. The number of hydrogen-bond donors (Lipinski definition) is 2. The molecule has 1 amide bonds. The smallest absolute Gasteiger partial charge is 0.277 e. The molecule has 1 fully saturated rings. The third-order valence-electron chi connectivity index (χ3n) is 7.09. The van der Waals surface area contributed by atoms with Gasteiger partial charge in [-0.3, -0.25) is 9.89 Å². The van der Waals surface area contributed by atoms with E-state index in [4.69, 9.17) is 4.98 Å². The molecular formula is C27H28N8O.